The fourth-order valence-electron chi connectivity index (χ4n) is 4.52. The van der Waals surface area contributed by atoms with Crippen molar-refractivity contribution in [1.29, 1.82) is 0 Å². The molecule has 1 fully saturated rings. The lowest BCUT2D eigenvalue weighted by molar-refractivity contribution is 0.131. The fraction of sp³-hybridized carbons (Fsp3) is 0.308. The predicted molar refractivity (Wildman–Crippen MR) is 134 cm³/mol. The number of hydrogen-bond acceptors (Lipinski definition) is 6. The second-order valence-electron chi connectivity index (χ2n) is 8.95. The zero-order valence-corrected chi connectivity index (χ0v) is 20.2. The smallest absolute Gasteiger partial charge is 0.407 e. The minimum atomic E-state index is -1.04. The van der Waals surface area contributed by atoms with Gasteiger partial charge in [-0.3, -0.25) is 4.90 Å². The number of hydrogen-bond donors (Lipinski definition) is 1. The molecule has 1 aliphatic heterocycles. The minimum absolute atomic E-state index is 0.0124. The van der Waals surface area contributed by atoms with Crippen LogP contribution in [0.25, 0.3) is 22.3 Å². The maximum atomic E-state index is 13.5. The van der Waals surface area contributed by atoms with E-state index in [1.54, 1.807) is 12.1 Å². The van der Waals surface area contributed by atoms with Crippen LogP contribution in [0.1, 0.15) is 25.2 Å². The molecule has 0 atom stereocenters. The summed E-state index contributed by atoms with van der Waals surface area (Å²) < 4.78 is 18.7. The summed E-state index contributed by atoms with van der Waals surface area (Å²) in [5.74, 6) is 1.36. The molecule has 2 aromatic carbocycles. The van der Waals surface area contributed by atoms with E-state index in [-0.39, 0.29) is 18.3 Å². The van der Waals surface area contributed by atoms with Gasteiger partial charge in [-0.25, -0.2) is 14.2 Å². The van der Waals surface area contributed by atoms with Crippen molar-refractivity contribution in [3.63, 3.8) is 0 Å². The first-order chi connectivity index (χ1) is 17.4. The molecule has 3 heterocycles. The number of carboxylic acid groups (broad SMARTS) is 1. The molecule has 1 amide bonds. The van der Waals surface area contributed by atoms with Crippen LogP contribution in [0.3, 0.4) is 0 Å². The van der Waals surface area contributed by atoms with Crippen LogP contribution < -0.4 is 4.90 Å². The van der Waals surface area contributed by atoms with Gasteiger partial charge in [0.15, 0.2) is 0 Å². The molecule has 10 heteroatoms. The van der Waals surface area contributed by atoms with Gasteiger partial charge in [-0.1, -0.05) is 28.9 Å². The monoisotopic (exact) mass is 509 g/mol. The Hall–Kier alpha value is -3.72. The van der Waals surface area contributed by atoms with Gasteiger partial charge in [0.1, 0.15) is 18.2 Å². The molecular formula is C26H25ClFN5O3. The van der Waals surface area contributed by atoms with Crippen LogP contribution in [0.4, 0.5) is 15.0 Å². The highest BCUT2D eigenvalue weighted by molar-refractivity contribution is 6.31. The van der Waals surface area contributed by atoms with Crippen LogP contribution in [-0.2, 0) is 6.54 Å². The second kappa shape index (κ2) is 10.5. The zero-order chi connectivity index (χ0) is 25.1. The second-order valence-corrected chi connectivity index (χ2v) is 9.39. The van der Waals surface area contributed by atoms with Gasteiger partial charge in [0, 0.05) is 35.6 Å². The van der Waals surface area contributed by atoms with Crippen molar-refractivity contribution in [2.75, 3.05) is 24.5 Å². The van der Waals surface area contributed by atoms with E-state index in [2.05, 4.69) is 15.0 Å². The highest BCUT2D eigenvalue weighted by atomic mass is 35.5. The number of nitrogens with zero attached hydrogens (tertiary/aromatic N) is 5. The summed E-state index contributed by atoms with van der Waals surface area (Å²) in [6.45, 7) is 2.09. The Morgan fingerprint density at radius 1 is 1.14 bits per heavy atom. The van der Waals surface area contributed by atoms with Crippen molar-refractivity contribution < 1.29 is 18.8 Å². The van der Waals surface area contributed by atoms with E-state index in [0.717, 1.165) is 49.1 Å². The van der Waals surface area contributed by atoms with Crippen LogP contribution >= 0.6 is 11.6 Å². The van der Waals surface area contributed by atoms with Gasteiger partial charge < -0.3 is 14.5 Å². The molecule has 0 bridgehead atoms. The number of piperidine rings is 1. The van der Waals surface area contributed by atoms with Gasteiger partial charge >= 0.3 is 6.09 Å². The molecule has 8 nitrogen and oxygen atoms in total. The SMILES string of the molecule is O=C(O)N(CCC1CCN(c2ccc3cc(Cl)ccc3n2)CC1)Cc1nc(-c2cccc(F)c2)no1. The van der Waals surface area contributed by atoms with Crippen molar-refractivity contribution >= 4 is 34.4 Å². The van der Waals surface area contributed by atoms with Gasteiger partial charge in [0.2, 0.25) is 11.7 Å². The molecule has 0 radical (unpaired) electrons. The van der Waals surface area contributed by atoms with Crippen LogP contribution in [0.5, 0.6) is 0 Å². The van der Waals surface area contributed by atoms with Crippen molar-refractivity contribution in [1.82, 2.24) is 20.0 Å². The quantitative estimate of drug-likeness (QED) is 0.333. The highest BCUT2D eigenvalue weighted by Gasteiger charge is 2.23. The van der Waals surface area contributed by atoms with E-state index in [0.29, 0.717) is 23.0 Å². The Bertz CT molecular complexity index is 1370. The molecule has 0 saturated carbocycles. The first-order valence-electron chi connectivity index (χ1n) is 11.8. The number of carbonyl (C=O) groups is 1. The van der Waals surface area contributed by atoms with E-state index in [1.165, 1.54) is 17.0 Å². The van der Waals surface area contributed by atoms with Crippen LogP contribution in [-0.4, -0.2) is 50.9 Å². The van der Waals surface area contributed by atoms with Crippen molar-refractivity contribution in [2.45, 2.75) is 25.8 Å². The van der Waals surface area contributed by atoms with Crippen LogP contribution in [0, 0.1) is 11.7 Å². The average molecular weight is 510 g/mol. The predicted octanol–water partition coefficient (Wildman–Crippen LogP) is 5.86. The molecule has 186 valence electrons. The summed E-state index contributed by atoms with van der Waals surface area (Å²) in [6, 6.07) is 15.6. The topological polar surface area (TPSA) is 95.6 Å². The van der Waals surface area contributed by atoms with Crippen molar-refractivity contribution in [3.8, 4) is 11.4 Å². The number of pyridine rings is 1. The lowest BCUT2D eigenvalue weighted by atomic mass is 9.93. The Labute approximate surface area is 212 Å². The number of anilines is 1. The van der Waals surface area contributed by atoms with Gasteiger partial charge in [-0.15, -0.1) is 0 Å². The number of amides is 1. The summed E-state index contributed by atoms with van der Waals surface area (Å²) in [5, 5.41) is 15.2. The molecule has 2 aromatic heterocycles. The maximum absolute atomic E-state index is 13.5. The van der Waals surface area contributed by atoms with E-state index < -0.39 is 11.9 Å². The van der Waals surface area contributed by atoms with Gasteiger partial charge in [0.05, 0.1) is 5.52 Å². The van der Waals surface area contributed by atoms with E-state index in [9.17, 15) is 14.3 Å². The molecule has 1 saturated heterocycles. The molecule has 1 N–H and O–H groups in total. The molecule has 5 rings (SSSR count). The number of halogens is 2. The molecule has 0 aliphatic carbocycles. The normalized spacial score (nSPS) is 14.3. The maximum Gasteiger partial charge on any atom is 0.407 e. The fourth-order valence-corrected chi connectivity index (χ4v) is 4.70. The van der Waals surface area contributed by atoms with Gasteiger partial charge in [-0.2, -0.15) is 4.98 Å². The lowest BCUT2D eigenvalue weighted by Crippen LogP contribution is -2.36. The van der Waals surface area contributed by atoms with Gasteiger partial charge in [-0.05, 0) is 67.6 Å². The highest BCUT2D eigenvalue weighted by Crippen LogP contribution is 2.27. The summed E-state index contributed by atoms with van der Waals surface area (Å²) in [5.41, 5.74) is 1.39. The molecule has 36 heavy (non-hydrogen) atoms. The third-order valence-electron chi connectivity index (χ3n) is 6.53. The van der Waals surface area contributed by atoms with E-state index >= 15 is 0 Å². The molecule has 1 aliphatic rings. The largest absolute Gasteiger partial charge is 0.465 e. The minimum Gasteiger partial charge on any atom is -0.465 e. The zero-order valence-electron chi connectivity index (χ0n) is 19.5. The summed E-state index contributed by atoms with van der Waals surface area (Å²) in [4.78, 5) is 24.4. The van der Waals surface area contributed by atoms with Crippen molar-refractivity contribution in [2.24, 2.45) is 5.92 Å². The Morgan fingerprint density at radius 3 is 2.75 bits per heavy atom. The summed E-state index contributed by atoms with van der Waals surface area (Å²) >= 11 is 6.07. The Kier molecular flexibility index (Phi) is 6.99. The Morgan fingerprint density at radius 2 is 1.97 bits per heavy atom. The first-order valence-corrected chi connectivity index (χ1v) is 12.2. The molecule has 0 unspecified atom stereocenters. The molecule has 0 spiro atoms. The number of fused-ring (bicyclic) bond motifs is 1. The summed E-state index contributed by atoms with van der Waals surface area (Å²) in [7, 11) is 0. The molecule has 4 aromatic rings. The van der Waals surface area contributed by atoms with Crippen molar-refractivity contribution in [3.05, 3.63) is 71.3 Å². The Balaban J connectivity index is 1.14. The number of rotatable bonds is 7. The third kappa shape index (κ3) is 5.57. The van der Waals surface area contributed by atoms with E-state index in [1.807, 2.05) is 30.3 Å². The summed E-state index contributed by atoms with van der Waals surface area (Å²) in [6.07, 6.45) is 1.61. The average Bonchev–Trinajstić information content (AvgIpc) is 3.35. The van der Waals surface area contributed by atoms with E-state index in [4.69, 9.17) is 21.1 Å². The third-order valence-corrected chi connectivity index (χ3v) is 6.76. The first kappa shape index (κ1) is 24.0. The van der Waals surface area contributed by atoms with Crippen LogP contribution in [0.2, 0.25) is 5.02 Å². The lowest BCUT2D eigenvalue weighted by Gasteiger charge is -2.33. The standard InChI is InChI=1S/C26H25ClFN5O3/c27-20-5-6-22-18(14-20)4-7-23(29-22)32-11-8-17(9-12-32)10-13-33(26(34)35)16-24-30-25(31-36-24)19-2-1-3-21(28)15-19/h1-7,14-15,17H,8-13,16H2,(H,34,35). The number of aromatic nitrogens is 3. The van der Waals surface area contributed by atoms with Crippen LogP contribution in [0.15, 0.2) is 59.1 Å². The molecular weight excluding hydrogens is 485 g/mol. The number of benzene rings is 2. The van der Waals surface area contributed by atoms with Gasteiger partial charge in [0.25, 0.3) is 0 Å².